The third-order valence-electron chi connectivity index (χ3n) is 3.36. The van der Waals surface area contributed by atoms with Crippen LogP contribution in [0.4, 0.5) is 4.39 Å². The van der Waals surface area contributed by atoms with Crippen LogP contribution in [0.25, 0.3) is 16.9 Å². The zero-order valence-corrected chi connectivity index (χ0v) is 12.6. The summed E-state index contributed by atoms with van der Waals surface area (Å²) in [6, 6.07) is 15.8. The second-order valence-electron chi connectivity index (χ2n) is 4.93. The Labute approximate surface area is 133 Å². The molecule has 0 fully saturated rings. The molecule has 3 nitrogen and oxygen atoms in total. The lowest BCUT2D eigenvalue weighted by Gasteiger charge is -2.08. The number of hydrogen-bond donors (Lipinski definition) is 1. The summed E-state index contributed by atoms with van der Waals surface area (Å²) in [7, 11) is 0. The molecule has 2 N–H and O–H groups in total. The van der Waals surface area contributed by atoms with E-state index in [1.54, 1.807) is 35.0 Å². The summed E-state index contributed by atoms with van der Waals surface area (Å²) < 4.78 is 15.9. The highest BCUT2D eigenvalue weighted by molar-refractivity contribution is 6.30. The Morgan fingerprint density at radius 2 is 1.91 bits per heavy atom. The van der Waals surface area contributed by atoms with Crippen molar-refractivity contribution in [2.45, 2.75) is 6.42 Å². The number of aromatic nitrogens is 2. The van der Waals surface area contributed by atoms with Crippen molar-refractivity contribution in [3.63, 3.8) is 0 Å². The highest BCUT2D eigenvalue weighted by Gasteiger charge is 2.14. The molecule has 0 bridgehead atoms. The van der Waals surface area contributed by atoms with Crippen molar-refractivity contribution in [3.8, 4) is 16.9 Å². The molecule has 0 aliphatic rings. The van der Waals surface area contributed by atoms with E-state index in [0.717, 1.165) is 11.4 Å². The van der Waals surface area contributed by atoms with Crippen molar-refractivity contribution in [3.05, 3.63) is 71.1 Å². The van der Waals surface area contributed by atoms with E-state index < -0.39 is 0 Å². The Morgan fingerprint density at radius 1 is 1.09 bits per heavy atom. The molecule has 0 aliphatic heterocycles. The second-order valence-corrected chi connectivity index (χ2v) is 5.37. The first-order valence-electron chi connectivity index (χ1n) is 6.99. The topological polar surface area (TPSA) is 43.8 Å². The molecule has 0 spiro atoms. The van der Waals surface area contributed by atoms with Crippen LogP contribution in [0.5, 0.6) is 0 Å². The highest BCUT2D eigenvalue weighted by atomic mass is 35.5. The monoisotopic (exact) mass is 315 g/mol. The lowest BCUT2D eigenvalue weighted by molar-refractivity contribution is 0.629. The Morgan fingerprint density at radius 3 is 2.64 bits per heavy atom. The van der Waals surface area contributed by atoms with Crippen LogP contribution >= 0.6 is 11.6 Å². The zero-order chi connectivity index (χ0) is 15.5. The van der Waals surface area contributed by atoms with E-state index in [9.17, 15) is 4.39 Å². The van der Waals surface area contributed by atoms with Gasteiger partial charge in [0.2, 0.25) is 0 Å². The molecule has 3 aromatic rings. The minimum Gasteiger partial charge on any atom is -0.330 e. The van der Waals surface area contributed by atoms with Gasteiger partial charge in [-0.3, -0.25) is 0 Å². The summed E-state index contributed by atoms with van der Waals surface area (Å²) in [4.78, 5) is 0. The van der Waals surface area contributed by atoms with Crippen molar-refractivity contribution in [2.75, 3.05) is 6.54 Å². The van der Waals surface area contributed by atoms with Gasteiger partial charge in [-0.2, -0.15) is 5.10 Å². The average Bonchev–Trinajstić information content (AvgIpc) is 2.92. The summed E-state index contributed by atoms with van der Waals surface area (Å²) in [6.07, 6.45) is 0.634. The first-order valence-corrected chi connectivity index (χ1v) is 7.36. The summed E-state index contributed by atoms with van der Waals surface area (Å²) in [5, 5.41) is 5.14. The Bertz CT molecular complexity index is 798. The molecule has 0 atom stereocenters. The van der Waals surface area contributed by atoms with Gasteiger partial charge in [0.1, 0.15) is 5.82 Å². The maximum Gasteiger partial charge on any atom is 0.132 e. The maximum atomic E-state index is 14.2. The molecule has 0 saturated carbocycles. The molecular weight excluding hydrogens is 301 g/mol. The van der Waals surface area contributed by atoms with E-state index in [2.05, 4.69) is 5.10 Å². The molecule has 0 aliphatic carbocycles. The molecule has 0 saturated heterocycles. The van der Waals surface area contributed by atoms with Crippen LogP contribution in [0.15, 0.2) is 54.6 Å². The maximum absolute atomic E-state index is 14.2. The minimum atomic E-state index is -0.287. The number of halogens is 2. The fraction of sp³-hybridized carbons (Fsp3) is 0.118. The molecule has 3 rings (SSSR count). The standard InChI is InChI=1S/C17H15ClFN3/c18-12-4-3-5-14(10-12)22-17(11-13(21-22)8-9-20)15-6-1-2-7-16(15)19/h1-7,10-11H,8-9,20H2. The smallest absolute Gasteiger partial charge is 0.132 e. The van der Waals surface area contributed by atoms with Crippen LogP contribution in [0.1, 0.15) is 5.69 Å². The lowest BCUT2D eigenvalue weighted by Crippen LogP contribution is -2.04. The number of nitrogens with zero attached hydrogens (tertiary/aromatic N) is 2. The van der Waals surface area contributed by atoms with E-state index in [1.165, 1.54) is 6.07 Å². The average molecular weight is 316 g/mol. The van der Waals surface area contributed by atoms with Crippen LogP contribution in [-0.4, -0.2) is 16.3 Å². The minimum absolute atomic E-state index is 0.287. The van der Waals surface area contributed by atoms with Gasteiger partial charge in [-0.05, 0) is 42.9 Å². The van der Waals surface area contributed by atoms with E-state index >= 15 is 0 Å². The third-order valence-corrected chi connectivity index (χ3v) is 3.60. The summed E-state index contributed by atoms with van der Waals surface area (Å²) in [6.45, 7) is 0.489. The summed E-state index contributed by atoms with van der Waals surface area (Å²) in [5.41, 5.74) is 8.40. The Kier molecular flexibility index (Phi) is 4.22. The summed E-state index contributed by atoms with van der Waals surface area (Å²) >= 11 is 6.06. The zero-order valence-electron chi connectivity index (χ0n) is 11.8. The molecular formula is C17H15ClFN3. The number of rotatable bonds is 4. The molecule has 5 heteroatoms. The molecule has 112 valence electrons. The van der Waals surface area contributed by atoms with Gasteiger partial charge in [-0.1, -0.05) is 29.8 Å². The van der Waals surface area contributed by atoms with Crippen LogP contribution in [0.3, 0.4) is 0 Å². The van der Waals surface area contributed by atoms with Crippen molar-refractivity contribution < 1.29 is 4.39 Å². The van der Waals surface area contributed by atoms with Crippen molar-refractivity contribution in [1.82, 2.24) is 9.78 Å². The van der Waals surface area contributed by atoms with E-state index in [0.29, 0.717) is 29.2 Å². The Balaban J connectivity index is 2.18. The van der Waals surface area contributed by atoms with Crippen LogP contribution in [-0.2, 0) is 6.42 Å². The lowest BCUT2D eigenvalue weighted by atomic mass is 10.1. The molecule has 2 aromatic carbocycles. The van der Waals surface area contributed by atoms with Gasteiger partial charge >= 0.3 is 0 Å². The van der Waals surface area contributed by atoms with Crippen LogP contribution < -0.4 is 5.73 Å². The van der Waals surface area contributed by atoms with Gasteiger partial charge < -0.3 is 5.73 Å². The molecule has 1 aromatic heterocycles. The SMILES string of the molecule is NCCc1cc(-c2ccccc2F)n(-c2cccc(Cl)c2)n1. The largest absolute Gasteiger partial charge is 0.330 e. The second kappa shape index (κ2) is 6.30. The molecule has 0 amide bonds. The Hall–Kier alpha value is -2.17. The van der Waals surface area contributed by atoms with Gasteiger partial charge in [0.05, 0.1) is 17.1 Å². The quantitative estimate of drug-likeness (QED) is 0.795. The third kappa shape index (κ3) is 2.89. The van der Waals surface area contributed by atoms with Crippen molar-refractivity contribution >= 4 is 11.6 Å². The van der Waals surface area contributed by atoms with E-state index in [4.69, 9.17) is 17.3 Å². The fourth-order valence-electron chi connectivity index (χ4n) is 2.37. The van der Waals surface area contributed by atoms with Crippen molar-refractivity contribution in [1.29, 1.82) is 0 Å². The van der Waals surface area contributed by atoms with E-state index in [1.807, 2.05) is 18.2 Å². The van der Waals surface area contributed by atoms with E-state index in [-0.39, 0.29) is 5.82 Å². The first-order chi connectivity index (χ1) is 10.7. The normalized spacial score (nSPS) is 10.9. The predicted molar refractivity (Wildman–Crippen MR) is 86.7 cm³/mol. The number of nitrogens with two attached hydrogens (primary N) is 1. The molecule has 1 heterocycles. The van der Waals surface area contributed by atoms with Gasteiger partial charge in [-0.25, -0.2) is 9.07 Å². The molecule has 22 heavy (non-hydrogen) atoms. The number of hydrogen-bond acceptors (Lipinski definition) is 2. The van der Waals surface area contributed by atoms with Crippen molar-refractivity contribution in [2.24, 2.45) is 5.73 Å². The van der Waals surface area contributed by atoms with Gasteiger partial charge in [0.25, 0.3) is 0 Å². The van der Waals surface area contributed by atoms with Gasteiger partial charge in [-0.15, -0.1) is 0 Å². The first kappa shape index (κ1) is 14.8. The van der Waals surface area contributed by atoms with Gasteiger partial charge in [0, 0.05) is 17.0 Å². The summed E-state index contributed by atoms with van der Waals surface area (Å²) in [5.74, 6) is -0.287. The van der Waals surface area contributed by atoms with Crippen LogP contribution in [0.2, 0.25) is 5.02 Å². The van der Waals surface area contributed by atoms with Crippen LogP contribution in [0, 0.1) is 5.82 Å². The molecule has 0 radical (unpaired) electrons. The number of benzene rings is 2. The van der Waals surface area contributed by atoms with Gasteiger partial charge in [0.15, 0.2) is 0 Å². The fourth-order valence-corrected chi connectivity index (χ4v) is 2.55. The highest BCUT2D eigenvalue weighted by Crippen LogP contribution is 2.27. The molecule has 0 unspecified atom stereocenters. The predicted octanol–water partition coefficient (Wildman–Crippen LogP) is 3.83.